The van der Waals surface area contributed by atoms with Gasteiger partial charge in [-0.1, -0.05) is 13.8 Å². The Morgan fingerprint density at radius 2 is 2.00 bits per heavy atom. The lowest BCUT2D eigenvalue weighted by Crippen LogP contribution is -2.58. The highest BCUT2D eigenvalue weighted by Gasteiger charge is 2.51. The predicted octanol–water partition coefficient (Wildman–Crippen LogP) is 2.17. The minimum atomic E-state index is -0.784. The SMILES string of the molecule is CCOC(=O)C(N)(CN1CCC(CC)(CC)C1)C1CC1. The number of ether oxygens (including phenoxy) is 1. The van der Waals surface area contributed by atoms with E-state index in [-0.39, 0.29) is 5.97 Å². The van der Waals surface area contributed by atoms with Crippen LogP contribution in [0, 0.1) is 11.3 Å². The summed E-state index contributed by atoms with van der Waals surface area (Å²) in [5.41, 5.74) is 6.11. The van der Waals surface area contributed by atoms with Gasteiger partial charge in [-0.15, -0.1) is 0 Å². The summed E-state index contributed by atoms with van der Waals surface area (Å²) in [6.45, 7) is 9.61. The smallest absolute Gasteiger partial charge is 0.327 e. The van der Waals surface area contributed by atoms with Crippen LogP contribution in [0.1, 0.15) is 52.9 Å². The normalized spacial score (nSPS) is 25.4. The Morgan fingerprint density at radius 1 is 1.35 bits per heavy atom. The van der Waals surface area contributed by atoms with Gasteiger partial charge in [-0.3, -0.25) is 0 Å². The maximum Gasteiger partial charge on any atom is 0.327 e. The van der Waals surface area contributed by atoms with Crippen LogP contribution in [0.5, 0.6) is 0 Å². The molecule has 0 amide bonds. The highest BCUT2D eigenvalue weighted by molar-refractivity contribution is 5.82. The zero-order valence-corrected chi connectivity index (χ0v) is 13.3. The average molecular weight is 282 g/mol. The molecule has 2 N–H and O–H groups in total. The van der Waals surface area contributed by atoms with Gasteiger partial charge in [0.2, 0.25) is 0 Å². The highest BCUT2D eigenvalue weighted by Crippen LogP contribution is 2.42. The van der Waals surface area contributed by atoms with E-state index in [0.29, 0.717) is 24.5 Å². The highest BCUT2D eigenvalue weighted by atomic mass is 16.5. The number of carbonyl (C=O) groups excluding carboxylic acids is 1. The lowest BCUT2D eigenvalue weighted by molar-refractivity contribution is -0.151. The van der Waals surface area contributed by atoms with Crippen molar-refractivity contribution in [3.05, 3.63) is 0 Å². The van der Waals surface area contributed by atoms with Gasteiger partial charge in [0.05, 0.1) is 6.61 Å². The van der Waals surface area contributed by atoms with Gasteiger partial charge in [0.15, 0.2) is 0 Å². The van der Waals surface area contributed by atoms with Crippen molar-refractivity contribution in [2.24, 2.45) is 17.1 Å². The Balaban J connectivity index is 2.01. The summed E-state index contributed by atoms with van der Waals surface area (Å²) in [6.07, 6.45) is 5.77. The van der Waals surface area contributed by atoms with Crippen molar-refractivity contribution in [1.29, 1.82) is 0 Å². The Bertz CT molecular complexity index is 350. The van der Waals surface area contributed by atoms with Gasteiger partial charge in [-0.25, -0.2) is 4.79 Å². The second-order valence-electron chi connectivity index (χ2n) is 6.70. The molecule has 1 saturated carbocycles. The van der Waals surface area contributed by atoms with Gasteiger partial charge < -0.3 is 15.4 Å². The fraction of sp³-hybridized carbons (Fsp3) is 0.938. The van der Waals surface area contributed by atoms with Crippen molar-refractivity contribution < 1.29 is 9.53 Å². The van der Waals surface area contributed by atoms with Crippen LogP contribution < -0.4 is 5.73 Å². The average Bonchev–Trinajstić information content (AvgIpc) is 3.22. The summed E-state index contributed by atoms with van der Waals surface area (Å²) in [6, 6.07) is 0. The molecule has 1 heterocycles. The quantitative estimate of drug-likeness (QED) is 0.727. The van der Waals surface area contributed by atoms with Crippen LogP contribution in [0.3, 0.4) is 0 Å². The lowest BCUT2D eigenvalue weighted by Gasteiger charge is -2.33. The van der Waals surface area contributed by atoms with E-state index in [1.54, 1.807) is 0 Å². The van der Waals surface area contributed by atoms with E-state index >= 15 is 0 Å². The number of carbonyl (C=O) groups is 1. The van der Waals surface area contributed by atoms with E-state index in [9.17, 15) is 4.79 Å². The Kier molecular flexibility index (Phi) is 4.75. The van der Waals surface area contributed by atoms with Crippen molar-refractivity contribution in [2.45, 2.75) is 58.4 Å². The maximum absolute atomic E-state index is 12.3. The van der Waals surface area contributed by atoms with Gasteiger partial charge in [0, 0.05) is 13.1 Å². The van der Waals surface area contributed by atoms with Crippen LogP contribution in [0.4, 0.5) is 0 Å². The molecule has 4 nitrogen and oxygen atoms in total. The molecule has 2 rings (SSSR count). The van der Waals surface area contributed by atoms with Crippen LogP contribution in [-0.2, 0) is 9.53 Å². The molecule has 0 spiro atoms. The standard InChI is InChI=1S/C16H30N2O2/c1-4-15(5-2)9-10-18(11-15)12-16(17,13-7-8-13)14(19)20-6-3/h13H,4-12,17H2,1-3H3. The molecule has 1 atom stereocenters. The predicted molar refractivity (Wildman–Crippen MR) is 80.3 cm³/mol. The van der Waals surface area contributed by atoms with Crippen LogP contribution >= 0.6 is 0 Å². The fourth-order valence-corrected chi connectivity index (χ4v) is 3.58. The van der Waals surface area contributed by atoms with E-state index in [1.807, 2.05) is 6.92 Å². The Morgan fingerprint density at radius 3 is 2.45 bits per heavy atom. The zero-order chi connectivity index (χ0) is 14.8. The fourth-order valence-electron chi connectivity index (χ4n) is 3.58. The molecule has 0 aromatic heterocycles. The van der Waals surface area contributed by atoms with Gasteiger partial charge in [-0.2, -0.15) is 0 Å². The van der Waals surface area contributed by atoms with Crippen molar-refractivity contribution >= 4 is 5.97 Å². The molecule has 1 unspecified atom stereocenters. The molecule has 0 radical (unpaired) electrons. The van der Waals surface area contributed by atoms with E-state index in [0.717, 1.165) is 25.9 Å². The third-order valence-electron chi connectivity index (χ3n) is 5.46. The number of likely N-dealkylation sites (tertiary alicyclic amines) is 1. The summed E-state index contributed by atoms with van der Waals surface area (Å²) >= 11 is 0. The topological polar surface area (TPSA) is 55.6 Å². The number of nitrogens with zero attached hydrogens (tertiary/aromatic N) is 1. The number of hydrogen-bond donors (Lipinski definition) is 1. The van der Waals surface area contributed by atoms with Crippen molar-refractivity contribution in [3.8, 4) is 0 Å². The Labute approximate surface area is 123 Å². The number of hydrogen-bond acceptors (Lipinski definition) is 4. The molecule has 0 aromatic rings. The van der Waals surface area contributed by atoms with E-state index < -0.39 is 5.54 Å². The number of esters is 1. The minimum Gasteiger partial charge on any atom is -0.465 e. The molecule has 20 heavy (non-hydrogen) atoms. The summed E-state index contributed by atoms with van der Waals surface area (Å²) in [5, 5.41) is 0. The lowest BCUT2D eigenvalue weighted by atomic mass is 9.82. The van der Waals surface area contributed by atoms with Crippen LogP contribution in [0.15, 0.2) is 0 Å². The number of rotatable bonds is 7. The molecule has 1 aliphatic carbocycles. The minimum absolute atomic E-state index is 0.201. The third kappa shape index (κ3) is 3.01. The first-order chi connectivity index (χ1) is 9.49. The summed E-state index contributed by atoms with van der Waals surface area (Å²) < 4.78 is 5.23. The molecule has 4 heteroatoms. The molecule has 1 aliphatic heterocycles. The maximum atomic E-state index is 12.3. The molecule has 116 valence electrons. The van der Waals surface area contributed by atoms with E-state index in [2.05, 4.69) is 18.7 Å². The summed E-state index contributed by atoms with van der Waals surface area (Å²) in [5.74, 6) is 0.118. The van der Waals surface area contributed by atoms with E-state index in [4.69, 9.17) is 10.5 Å². The Hall–Kier alpha value is -0.610. The molecule has 0 bridgehead atoms. The van der Waals surface area contributed by atoms with Gasteiger partial charge in [0.25, 0.3) is 0 Å². The first kappa shape index (κ1) is 15.8. The van der Waals surface area contributed by atoms with Gasteiger partial charge >= 0.3 is 5.97 Å². The first-order valence-electron chi connectivity index (χ1n) is 8.18. The molecule has 1 saturated heterocycles. The van der Waals surface area contributed by atoms with Gasteiger partial charge in [0.1, 0.15) is 5.54 Å². The molecule has 2 aliphatic rings. The van der Waals surface area contributed by atoms with Crippen molar-refractivity contribution in [1.82, 2.24) is 4.90 Å². The zero-order valence-electron chi connectivity index (χ0n) is 13.3. The second kappa shape index (κ2) is 6.02. The van der Waals surface area contributed by atoms with Crippen molar-refractivity contribution in [2.75, 3.05) is 26.2 Å². The largest absolute Gasteiger partial charge is 0.465 e. The number of nitrogens with two attached hydrogens (primary N) is 1. The first-order valence-corrected chi connectivity index (χ1v) is 8.18. The summed E-state index contributed by atoms with van der Waals surface area (Å²) in [7, 11) is 0. The molecular weight excluding hydrogens is 252 g/mol. The van der Waals surface area contributed by atoms with Crippen LogP contribution in [-0.4, -0.2) is 42.6 Å². The second-order valence-corrected chi connectivity index (χ2v) is 6.70. The van der Waals surface area contributed by atoms with Crippen molar-refractivity contribution in [3.63, 3.8) is 0 Å². The molecule has 2 fully saturated rings. The van der Waals surface area contributed by atoms with Gasteiger partial charge in [-0.05, 0) is 56.9 Å². The molecular formula is C16H30N2O2. The third-order valence-corrected chi connectivity index (χ3v) is 5.46. The molecule has 0 aromatic carbocycles. The van der Waals surface area contributed by atoms with E-state index in [1.165, 1.54) is 19.3 Å². The monoisotopic (exact) mass is 282 g/mol. The summed E-state index contributed by atoms with van der Waals surface area (Å²) in [4.78, 5) is 14.7. The van der Waals surface area contributed by atoms with Crippen LogP contribution in [0.25, 0.3) is 0 Å². The van der Waals surface area contributed by atoms with Crippen LogP contribution in [0.2, 0.25) is 0 Å².